The molecule has 0 radical (unpaired) electrons. The Morgan fingerprint density at radius 3 is 1.73 bits per heavy atom. The average Bonchev–Trinajstić information content (AvgIpc) is 2.09. The summed E-state index contributed by atoms with van der Waals surface area (Å²) in [6.45, 7) is 0. The zero-order valence-electron chi connectivity index (χ0n) is 8.00. The lowest BCUT2D eigenvalue weighted by molar-refractivity contribution is -0.192. The molecule has 1 saturated carbocycles. The van der Waals surface area contributed by atoms with Gasteiger partial charge in [0, 0.05) is 6.04 Å². The number of hydrogen-bond acceptors (Lipinski definition) is 3. The van der Waals surface area contributed by atoms with Crippen LogP contribution in [0.1, 0.15) is 25.7 Å². The summed E-state index contributed by atoms with van der Waals surface area (Å²) < 4.78 is 31.7. The van der Waals surface area contributed by atoms with E-state index in [0.717, 1.165) is 25.7 Å². The fourth-order valence-electron chi connectivity index (χ4n) is 1.10. The maximum absolute atomic E-state index is 10.6. The number of rotatable bonds is 0. The van der Waals surface area contributed by atoms with Crippen molar-refractivity contribution >= 4 is 5.97 Å². The SMILES string of the molecule is N[C@H]1CC[C@@H](O)CC1.O=C(O)C(F)(F)F. The molecular weight excluding hydrogens is 215 g/mol. The molecule has 15 heavy (non-hydrogen) atoms. The number of carboxylic acids is 1. The summed E-state index contributed by atoms with van der Waals surface area (Å²) >= 11 is 0. The quantitative estimate of drug-likeness (QED) is 0.575. The van der Waals surface area contributed by atoms with E-state index in [1.165, 1.54) is 0 Å². The molecule has 0 unspecified atom stereocenters. The van der Waals surface area contributed by atoms with Crippen molar-refractivity contribution in [1.29, 1.82) is 0 Å². The molecule has 1 fully saturated rings. The maximum Gasteiger partial charge on any atom is 0.490 e. The van der Waals surface area contributed by atoms with Gasteiger partial charge in [-0.1, -0.05) is 0 Å². The van der Waals surface area contributed by atoms with Gasteiger partial charge < -0.3 is 15.9 Å². The van der Waals surface area contributed by atoms with Crippen LogP contribution in [-0.4, -0.2) is 34.5 Å². The third kappa shape index (κ3) is 7.15. The lowest BCUT2D eigenvalue weighted by atomic mass is 9.94. The Hall–Kier alpha value is -0.820. The molecule has 0 amide bonds. The van der Waals surface area contributed by atoms with Crippen molar-refractivity contribution in [3.8, 4) is 0 Å². The summed E-state index contributed by atoms with van der Waals surface area (Å²) in [5.41, 5.74) is 5.59. The minimum Gasteiger partial charge on any atom is -0.475 e. The molecule has 1 aliphatic rings. The van der Waals surface area contributed by atoms with E-state index < -0.39 is 12.1 Å². The molecule has 0 heterocycles. The summed E-state index contributed by atoms with van der Waals surface area (Å²) in [6, 6.07) is 0.360. The second-order valence-electron chi connectivity index (χ2n) is 3.37. The second kappa shape index (κ2) is 5.92. The van der Waals surface area contributed by atoms with E-state index in [1.807, 2.05) is 0 Å². The van der Waals surface area contributed by atoms with Crippen LogP contribution >= 0.6 is 0 Å². The van der Waals surface area contributed by atoms with Gasteiger partial charge in [0.1, 0.15) is 0 Å². The largest absolute Gasteiger partial charge is 0.490 e. The number of carbonyl (C=O) groups is 1. The first-order valence-corrected chi connectivity index (χ1v) is 4.47. The van der Waals surface area contributed by atoms with E-state index in [1.54, 1.807) is 0 Å². The summed E-state index contributed by atoms with van der Waals surface area (Å²) in [7, 11) is 0. The highest BCUT2D eigenvalue weighted by molar-refractivity contribution is 5.73. The van der Waals surface area contributed by atoms with E-state index in [2.05, 4.69) is 0 Å². The van der Waals surface area contributed by atoms with E-state index in [0.29, 0.717) is 6.04 Å². The fraction of sp³-hybridized carbons (Fsp3) is 0.875. The normalized spacial score (nSPS) is 26.5. The Morgan fingerprint density at radius 1 is 1.20 bits per heavy atom. The van der Waals surface area contributed by atoms with Gasteiger partial charge in [0.05, 0.1) is 6.10 Å². The van der Waals surface area contributed by atoms with Crippen molar-refractivity contribution in [2.45, 2.75) is 44.0 Å². The van der Waals surface area contributed by atoms with Gasteiger partial charge in [-0.2, -0.15) is 13.2 Å². The first-order chi connectivity index (χ1) is 6.73. The highest BCUT2D eigenvalue weighted by Gasteiger charge is 2.38. The van der Waals surface area contributed by atoms with Crippen LogP contribution in [0, 0.1) is 0 Å². The number of carboxylic acid groups (broad SMARTS) is 1. The Bertz CT molecular complexity index is 190. The fourth-order valence-corrected chi connectivity index (χ4v) is 1.10. The number of aliphatic hydroxyl groups is 1. The van der Waals surface area contributed by atoms with Gasteiger partial charge >= 0.3 is 12.1 Å². The van der Waals surface area contributed by atoms with Gasteiger partial charge in [-0.25, -0.2) is 4.79 Å². The Balaban J connectivity index is 0.000000265. The van der Waals surface area contributed by atoms with Crippen molar-refractivity contribution < 1.29 is 28.2 Å². The Morgan fingerprint density at radius 2 is 1.53 bits per heavy atom. The van der Waals surface area contributed by atoms with Crippen LogP contribution in [0.3, 0.4) is 0 Å². The van der Waals surface area contributed by atoms with Crippen molar-refractivity contribution in [3.05, 3.63) is 0 Å². The van der Waals surface area contributed by atoms with E-state index >= 15 is 0 Å². The maximum atomic E-state index is 10.6. The molecule has 0 aromatic rings. The molecule has 0 atom stereocenters. The number of alkyl halides is 3. The molecule has 0 aliphatic heterocycles. The van der Waals surface area contributed by atoms with Crippen molar-refractivity contribution in [2.24, 2.45) is 5.73 Å². The number of halogens is 3. The van der Waals surface area contributed by atoms with Crippen LogP contribution in [-0.2, 0) is 4.79 Å². The molecule has 1 rings (SSSR count). The molecule has 0 aromatic carbocycles. The van der Waals surface area contributed by atoms with Gasteiger partial charge in [-0.3, -0.25) is 0 Å². The van der Waals surface area contributed by atoms with E-state index in [-0.39, 0.29) is 6.10 Å². The predicted octanol–water partition coefficient (Wildman–Crippen LogP) is 0.882. The summed E-state index contributed by atoms with van der Waals surface area (Å²) in [5.74, 6) is -2.76. The zero-order valence-corrected chi connectivity index (χ0v) is 8.00. The summed E-state index contributed by atoms with van der Waals surface area (Å²) in [5, 5.41) is 16.1. The van der Waals surface area contributed by atoms with Gasteiger partial charge in [0.25, 0.3) is 0 Å². The number of aliphatic hydroxyl groups excluding tert-OH is 1. The number of hydrogen-bond donors (Lipinski definition) is 3. The van der Waals surface area contributed by atoms with Gasteiger partial charge in [-0.05, 0) is 25.7 Å². The van der Waals surface area contributed by atoms with Crippen LogP contribution in [0.15, 0.2) is 0 Å². The Kier molecular flexibility index (Phi) is 5.59. The predicted molar refractivity (Wildman–Crippen MR) is 46.1 cm³/mol. The van der Waals surface area contributed by atoms with Crippen LogP contribution in [0.25, 0.3) is 0 Å². The third-order valence-electron chi connectivity index (χ3n) is 1.98. The average molecular weight is 229 g/mol. The molecular formula is C8H14F3NO3. The van der Waals surface area contributed by atoms with Gasteiger partial charge in [-0.15, -0.1) is 0 Å². The first-order valence-electron chi connectivity index (χ1n) is 4.47. The van der Waals surface area contributed by atoms with Crippen molar-refractivity contribution in [1.82, 2.24) is 0 Å². The molecule has 4 nitrogen and oxygen atoms in total. The number of nitrogens with two attached hydrogens (primary N) is 1. The minimum atomic E-state index is -5.08. The van der Waals surface area contributed by atoms with Crippen LogP contribution in [0.5, 0.6) is 0 Å². The summed E-state index contributed by atoms with van der Waals surface area (Å²) in [4.78, 5) is 8.90. The van der Waals surface area contributed by atoms with Crippen molar-refractivity contribution in [2.75, 3.05) is 0 Å². The highest BCUT2D eigenvalue weighted by Crippen LogP contribution is 2.15. The zero-order chi connectivity index (χ0) is 12.1. The molecule has 7 heteroatoms. The molecule has 4 N–H and O–H groups in total. The lowest BCUT2D eigenvalue weighted by Gasteiger charge is -2.21. The molecule has 0 bridgehead atoms. The summed E-state index contributed by atoms with van der Waals surface area (Å²) in [6.07, 6.45) is -1.33. The Labute approximate surface area is 84.9 Å². The first kappa shape index (κ1) is 14.2. The van der Waals surface area contributed by atoms with E-state index in [4.69, 9.17) is 20.7 Å². The second-order valence-corrected chi connectivity index (χ2v) is 3.37. The molecule has 0 saturated heterocycles. The molecule has 1 aliphatic carbocycles. The van der Waals surface area contributed by atoms with Crippen LogP contribution in [0.2, 0.25) is 0 Å². The molecule has 0 spiro atoms. The van der Waals surface area contributed by atoms with Gasteiger partial charge in [0.2, 0.25) is 0 Å². The number of aliphatic carboxylic acids is 1. The lowest BCUT2D eigenvalue weighted by Crippen LogP contribution is -2.28. The topological polar surface area (TPSA) is 83.5 Å². The van der Waals surface area contributed by atoms with Crippen molar-refractivity contribution in [3.63, 3.8) is 0 Å². The monoisotopic (exact) mass is 229 g/mol. The standard InChI is InChI=1S/C6H13NO.C2HF3O2/c7-5-1-3-6(8)4-2-5;3-2(4,5)1(6)7/h5-6,8H,1-4,7H2;(H,6,7)/t5-,6+;. The molecule has 90 valence electrons. The van der Waals surface area contributed by atoms with Crippen LogP contribution < -0.4 is 5.73 Å². The van der Waals surface area contributed by atoms with Gasteiger partial charge in [0.15, 0.2) is 0 Å². The van der Waals surface area contributed by atoms with Crippen LogP contribution in [0.4, 0.5) is 13.2 Å². The van der Waals surface area contributed by atoms with E-state index in [9.17, 15) is 13.2 Å². The third-order valence-corrected chi connectivity index (χ3v) is 1.98. The minimum absolute atomic E-state index is 0.0604. The molecule has 0 aromatic heterocycles. The highest BCUT2D eigenvalue weighted by atomic mass is 19.4. The smallest absolute Gasteiger partial charge is 0.475 e.